The second-order valence-corrected chi connectivity index (χ2v) is 5.53. The quantitative estimate of drug-likeness (QED) is 0.941. The van der Waals surface area contributed by atoms with Gasteiger partial charge in [0.2, 0.25) is 0 Å². The number of benzene rings is 1. The van der Waals surface area contributed by atoms with Crippen LogP contribution >= 0.6 is 11.6 Å². The van der Waals surface area contributed by atoms with Crippen LogP contribution in [-0.4, -0.2) is 15.7 Å². The number of carbonyl (C=O) groups excluding carboxylic acids is 1. The smallest absolute Gasteiger partial charge is 0.253 e. The SMILES string of the molecule is Cn1nc(CNC(=O)c2ccccc2Cl)cc1C1CC1. The summed E-state index contributed by atoms with van der Waals surface area (Å²) in [5, 5.41) is 7.75. The molecule has 1 fully saturated rings. The maximum Gasteiger partial charge on any atom is 0.253 e. The van der Waals surface area contributed by atoms with Crippen LogP contribution in [0, 0.1) is 0 Å². The van der Waals surface area contributed by atoms with E-state index in [0.29, 0.717) is 23.0 Å². The molecule has 0 aliphatic heterocycles. The number of halogens is 1. The van der Waals surface area contributed by atoms with E-state index in [2.05, 4.69) is 16.5 Å². The molecular weight excluding hydrogens is 274 g/mol. The van der Waals surface area contributed by atoms with Crippen molar-refractivity contribution in [3.63, 3.8) is 0 Å². The van der Waals surface area contributed by atoms with Gasteiger partial charge in [-0.25, -0.2) is 0 Å². The van der Waals surface area contributed by atoms with E-state index in [9.17, 15) is 4.79 Å². The van der Waals surface area contributed by atoms with Crippen LogP contribution in [-0.2, 0) is 13.6 Å². The van der Waals surface area contributed by atoms with Gasteiger partial charge < -0.3 is 5.32 Å². The zero-order valence-electron chi connectivity index (χ0n) is 11.3. The average molecular weight is 290 g/mol. The molecule has 104 valence electrons. The number of amides is 1. The van der Waals surface area contributed by atoms with Gasteiger partial charge in [-0.1, -0.05) is 23.7 Å². The molecule has 0 saturated heterocycles. The molecule has 1 aromatic carbocycles. The number of nitrogens with zero attached hydrogens (tertiary/aromatic N) is 2. The van der Waals surface area contributed by atoms with Gasteiger partial charge in [0.15, 0.2) is 0 Å². The lowest BCUT2D eigenvalue weighted by atomic mass is 10.2. The second-order valence-electron chi connectivity index (χ2n) is 5.12. The predicted molar refractivity (Wildman–Crippen MR) is 77.8 cm³/mol. The fourth-order valence-corrected chi connectivity index (χ4v) is 2.52. The summed E-state index contributed by atoms with van der Waals surface area (Å²) in [6.45, 7) is 0.421. The van der Waals surface area contributed by atoms with Crippen molar-refractivity contribution < 1.29 is 4.79 Å². The van der Waals surface area contributed by atoms with Crippen molar-refractivity contribution in [1.29, 1.82) is 0 Å². The maximum atomic E-state index is 12.0. The van der Waals surface area contributed by atoms with Crippen molar-refractivity contribution >= 4 is 17.5 Å². The normalized spacial score (nSPS) is 14.3. The van der Waals surface area contributed by atoms with Crippen molar-refractivity contribution in [2.45, 2.75) is 25.3 Å². The minimum absolute atomic E-state index is 0.172. The zero-order chi connectivity index (χ0) is 14.1. The minimum atomic E-state index is -0.172. The summed E-state index contributed by atoms with van der Waals surface area (Å²) in [4.78, 5) is 12.0. The van der Waals surface area contributed by atoms with E-state index in [1.165, 1.54) is 18.5 Å². The van der Waals surface area contributed by atoms with Crippen LogP contribution in [0.1, 0.15) is 40.5 Å². The number of aromatic nitrogens is 2. The van der Waals surface area contributed by atoms with E-state index in [4.69, 9.17) is 11.6 Å². The molecule has 0 atom stereocenters. The molecule has 1 aromatic heterocycles. The first-order valence-electron chi connectivity index (χ1n) is 6.70. The molecule has 4 nitrogen and oxygen atoms in total. The third-order valence-electron chi connectivity index (χ3n) is 3.51. The van der Waals surface area contributed by atoms with Crippen molar-refractivity contribution in [1.82, 2.24) is 15.1 Å². The number of carbonyl (C=O) groups is 1. The molecule has 0 radical (unpaired) electrons. The summed E-state index contributed by atoms with van der Waals surface area (Å²) >= 11 is 6.00. The summed E-state index contributed by atoms with van der Waals surface area (Å²) < 4.78 is 1.91. The molecule has 0 spiro atoms. The Morgan fingerprint density at radius 3 is 2.90 bits per heavy atom. The largest absolute Gasteiger partial charge is 0.346 e. The van der Waals surface area contributed by atoms with Crippen LogP contribution in [0.15, 0.2) is 30.3 Å². The Balaban J connectivity index is 1.66. The van der Waals surface area contributed by atoms with Crippen molar-refractivity contribution in [2.24, 2.45) is 7.05 Å². The fourth-order valence-electron chi connectivity index (χ4n) is 2.30. The molecule has 3 rings (SSSR count). The van der Waals surface area contributed by atoms with Crippen LogP contribution in [0.25, 0.3) is 0 Å². The summed E-state index contributed by atoms with van der Waals surface area (Å²) in [5.74, 6) is 0.481. The molecule has 0 unspecified atom stereocenters. The number of aryl methyl sites for hydroxylation is 1. The van der Waals surface area contributed by atoms with E-state index in [1.807, 2.05) is 11.7 Å². The minimum Gasteiger partial charge on any atom is -0.346 e. The van der Waals surface area contributed by atoms with Crippen LogP contribution in [0.5, 0.6) is 0 Å². The third kappa shape index (κ3) is 2.70. The Kier molecular flexibility index (Phi) is 3.49. The first-order valence-corrected chi connectivity index (χ1v) is 7.08. The number of hydrogen-bond acceptors (Lipinski definition) is 2. The molecule has 5 heteroatoms. The molecule has 20 heavy (non-hydrogen) atoms. The van der Waals surface area contributed by atoms with Crippen LogP contribution in [0.3, 0.4) is 0 Å². The highest BCUT2D eigenvalue weighted by molar-refractivity contribution is 6.33. The number of nitrogens with one attached hydrogen (secondary N) is 1. The Bertz CT molecular complexity index is 646. The topological polar surface area (TPSA) is 46.9 Å². The Hall–Kier alpha value is -1.81. The molecule has 0 bridgehead atoms. The van der Waals surface area contributed by atoms with Crippen molar-refractivity contribution in [2.75, 3.05) is 0 Å². The molecular formula is C15H16ClN3O. The van der Waals surface area contributed by atoms with E-state index < -0.39 is 0 Å². The molecule has 2 aromatic rings. The summed E-state index contributed by atoms with van der Waals surface area (Å²) in [5.41, 5.74) is 2.63. The van der Waals surface area contributed by atoms with Gasteiger partial charge in [0, 0.05) is 18.7 Å². The molecule has 1 heterocycles. The lowest BCUT2D eigenvalue weighted by Gasteiger charge is -2.04. The number of hydrogen-bond donors (Lipinski definition) is 1. The monoisotopic (exact) mass is 289 g/mol. The molecule has 1 aliphatic carbocycles. The Labute approximate surface area is 122 Å². The van der Waals surface area contributed by atoms with Crippen LogP contribution in [0.2, 0.25) is 5.02 Å². The highest BCUT2D eigenvalue weighted by atomic mass is 35.5. The first kappa shape index (κ1) is 13.2. The summed E-state index contributed by atoms with van der Waals surface area (Å²) in [7, 11) is 1.95. The van der Waals surface area contributed by atoms with Gasteiger partial charge in [0.25, 0.3) is 5.91 Å². The lowest BCUT2D eigenvalue weighted by Crippen LogP contribution is -2.23. The zero-order valence-corrected chi connectivity index (χ0v) is 12.0. The van der Waals surface area contributed by atoms with Gasteiger partial charge in [-0.2, -0.15) is 5.10 Å². The fraction of sp³-hybridized carbons (Fsp3) is 0.333. The van der Waals surface area contributed by atoms with Crippen molar-refractivity contribution in [3.8, 4) is 0 Å². The van der Waals surface area contributed by atoms with Gasteiger partial charge >= 0.3 is 0 Å². The van der Waals surface area contributed by atoms with Gasteiger partial charge in [-0.15, -0.1) is 0 Å². The van der Waals surface area contributed by atoms with Crippen LogP contribution < -0.4 is 5.32 Å². The molecule has 1 saturated carbocycles. The first-order chi connectivity index (χ1) is 9.65. The van der Waals surface area contributed by atoms with Gasteiger partial charge in [0.1, 0.15) is 0 Å². The molecule has 1 N–H and O–H groups in total. The Morgan fingerprint density at radius 1 is 1.45 bits per heavy atom. The third-order valence-corrected chi connectivity index (χ3v) is 3.84. The van der Waals surface area contributed by atoms with Crippen LogP contribution in [0.4, 0.5) is 0 Å². The maximum absolute atomic E-state index is 12.0. The van der Waals surface area contributed by atoms with Gasteiger partial charge in [-0.3, -0.25) is 9.48 Å². The molecule has 1 aliphatic rings. The van der Waals surface area contributed by atoms with E-state index in [0.717, 1.165) is 5.69 Å². The standard InChI is InChI=1S/C15H16ClN3O/c1-19-14(10-6-7-10)8-11(18-19)9-17-15(20)12-4-2-3-5-13(12)16/h2-5,8,10H,6-7,9H2,1H3,(H,17,20). The molecule has 1 amide bonds. The lowest BCUT2D eigenvalue weighted by molar-refractivity contribution is 0.0950. The Morgan fingerprint density at radius 2 is 2.20 bits per heavy atom. The summed E-state index contributed by atoms with van der Waals surface area (Å²) in [6, 6.07) is 9.10. The highest BCUT2D eigenvalue weighted by Gasteiger charge is 2.27. The van der Waals surface area contributed by atoms with Gasteiger partial charge in [0.05, 0.1) is 22.8 Å². The average Bonchev–Trinajstić information content (AvgIpc) is 3.20. The second kappa shape index (κ2) is 5.29. The number of rotatable bonds is 4. The van der Waals surface area contributed by atoms with E-state index in [1.54, 1.807) is 24.3 Å². The van der Waals surface area contributed by atoms with Gasteiger partial charge in [-0.05, 0) is 31.0 Å². The summed E-state index contributed by atoms with van der Waals surface area (Å²) in [6.07, 6.45) is 2.48. The highest BCUT2D eigenvalue weighted by Crippen LogP contribution is 2.39. The van der Waals surface area contributed by atoms with E-state index in [-0.39, 0.29) is 5.91 Å². The van der Waals surface area contributed by atoms with Crippen molar-refractivity contribution in [3.05, 3.63) is 52.3 Å². The van der Waals surface area contributed by atoms with E-state index >= 15 is 0 Å². The predicted octanol–water partition coefficient (Wildman–Crippen LogP) is 2.88.